The Morgan fingerprint density at radius 2 is 1.84 bits per heavy atom. The Balaban J connectivity index is 1.67. The summed E-state index contributed by atoms with van der Waals surface area (Å²) in [6.07, 6.45) is -0.252. The van der Waals surface area contributed by atoms with Gasteiger partial charge < -0.3 is 9.47 Å². The molecule has 0 aliphatic carbocycles. The molecule has 6 heteroatoms. The van der Waals surface area contributed by atoms with Crippen LogP contribution in [0.15, 0.2) is 24.3 Å². The third kappa shape index (κ3) is 2.25. The van der Waals surface area contributed by atoms with Gasteiger partial charge in [0.25, 0.3) is 11.8 Å². The lowest BCUT2D eigenvalue weighted by atomic mass is 10.1. The zero-order valence-electron chi connectivity index (χ0n) is 10.2. The maximum Gasteiger partial charge on any atom is 0.285 e. The molecule has 0 bridgehead atoms. The first kappa shape index (κ1) is 12.3. The number of imide groups is 1. The second-order valence-corrected chi connectivity index (χ2v) is 4.31. The standard InChI is InChI=1S/C13H13NO5/c15-12-10-3-1-2-4-11(10)13(16)14(12)19-8-9-7-17-5-6-18-9/h1-4,9H,5-8H2. The molecule has 6 nitrogen and oxygen atoms in total. The van der Waals surface area contributed by atoms with Gasteiger partial charge in [0.05, 0.1) is 30.9 Å². The average molecular weight is 263 g/mol. The Morgan fingerprint density at radius 1 is 1.16 bits per heavy atom. The molecule has 0 aromatic heterocycles. The van der Waals surface area contributed by atoms with E-state index in [-0.39, 0.29) is 12.7 Å². The number of hydrogen-bond acceptors (Lipinski definition) is 5. The van der Waals surface area contributed by atoms with E-state index in [2.05, 4.69) is 0 Å². The molecule has 1 saturated heterocycles. The summed E-state index contributed by atoms with van der Waals surface area (Å²) >= 11 is 0. The van der Waals surface area contributed by atoms with Crippen LogP contribution in [0.2, 0.25) is 0 Å². The van der Waals surface area contributed by atoms with E-state index >= 15 is 0 Å². The van der Waals surface area contributed by atoms with Crippen molar-refractivity contribution in [1.29, 1.82) is 0 Å². The summed E-state index contributed by atoms with van der Waals surface area (Å²) < 4.78 is 10.6. The van der Waals surface area contributed by atoms with E-state index in [0.29, 0.717) is 30.9 Å². The van der Waals surface area contributed by atoms with Gasteiger partial charge in [-0.2, -0.15) is 0 Å². The fraction of sp³-hybridized carbons (Fsp3) is 0.385. The number of hydrogen-bond donors (Lipinski definition) is 0. The minimum absolute atomic E-state index is 0.117. The number of fused-ring (bicyclic) bond motifs is 1. The Hall–Kier alpha value is -1.76. The third-order valence-corrected chi connectivity index (χ3v) is 3.03. The normalized spacial score (nSPS) is 22.7. The van der Waals surface area contributed by atoms with Crippen molar-refractivity contribution in [3.63, 3.8) is 0 Å². The van der Waals surface area contributed by atoms with E-state index in [0.717, 1.165) is 5.06 Å². The lowest BCUT2D eigenvalue weighted by Crippen LogP contribution is -2.38. The topological polar surface area (TPSA) is 65.1 Å². The van der Waals surface area contributed by atoms with Crippen LogP contribution in [0.5, 0.6) is 0 Å². The second kappa shape index (κ2) is 5.08. The first-order chi connectivity index (χ1) is 9.27. The lowest BCUT2D eigenvalue weighted by molar-refractivity contribution is -0.162. The Labute approximate surface area is 109 Å². The van der Waals surface area contributed by atoms with Gasteiger partial charge in [0, 0.05) is 0 Å². The molecule has 1 aromatic carbocycles. The summed E-state index contributed by atoms with van der Waals surface area (Å²) in [4.78, 5) is 29.3. The van der Waals surface area contributed by atoms with Crippen LogP contribution in [-0.2, 0) is 14.3 Å². The molecule has 0 saturated carbocycles. The average Bonchev–Trinajstić information content (AvgIpc) is 2.71. The van der Waals surface area contributed by atoms with Gasteiger partial charge in [-0.25, -0.2) is 0 Å². The molecule has 100 valence electrons. The summed E-state index contributed by atoms with van der Waals surface area (Å²) in [6, 6.07) is 6.65. The summed E-state index contributed by atoms with van der Waals surface area (Å²) in [7, 11) is 0. The van der Waals surface area contributed by atoms with Crippen LogP contribution in [0.25, 0.3) is 0 Å². The molecule has 1 unspecified atom stereocenters. The van der Waals surface area contributed by atoms with E-state index in [4.69, 9.17) is 14.3 Å². The number of rotatable bonds is 3. The summed E-state index contributed by atoms with van der Waals surface area (Å²) in [5.41, 5.74) is 0.738. The molecule has 1 fully saturated rings. The molecule has 2 aliphatic rings. The minimum Gasteiger partial charge on any atom is -0.376 e. The van der Waals surface area contributed by atoms with Crippen LogP contribution in [0.4, 0.5) is 0 Å². The van der Waals surface area contributed by atoms with Gasteiger partial charge >= 0.3 is 0 Å². The van der Waals surface area contributed by atoms with Gasteiger partial charge in [-0.1, -0.05) is 12.1 Å². The highest BCUT2D eigenvalue weighted by Crippen LogP contribution is 2.22. The number of benzene rings is 1. The van der Waals surface area contributed by atoms with Crippen LogP contribution in [0.3, 0.4) is 0 Å². The van der Waals surface area contributed by atoms with Gasteiger partial charge in [0.1, 0.15) is 12.7 Å². The molecule has 19 heavy (non-hydrogen) atoms. The number of hydroxylamine groups is 2. The van der Waals surface area contributed by atoms with E-state index in [9.17, 15) is 9.59 Å². The quantitative estimate of drug-likeness (QED) is 0.748. The van der Waals surface area contributed by atoms with Gasteiger partial charge in [-0.05, 0) is 12.1 Å². The SMILES string of the molecule is O=C1c2ccccc2C(=O)N1OCC1COCCO1. The Bertz CT molecular complexity index is 475. The molecule has 1 atom stereocenters. The second-order valence-electron chi connectivity index (χ2n) is 4.31. The van der Waals surface area contributed by atoms with E-state index < -0.39 is 11.8 Å². The van der Waals surface area contributed by atoms with E-state index in [1.165, 1.54) is 0 Å². The maximum atomic E-state index is 12.0. The minimum atomic E-state index is -0.433. The maximum absolute atomic E-state index is 12.0. The third-order valence-electron chi connectivity index (χ3n) is 3.03. The predicted octanol–water partition coefficient (Wildman–Crippen LogP) is 0.630. The summed E-state index contributed by atoms with van der Waals surface area (Å²) in [5.74, 6) is -0.866. The van der Waals surface area contributed by atoms with Crippen molar-refractivity contribution in [3.8, 4) is 0 Å². The fourth-order valence-electron chi connectivity index (χ4n) is 2.07. The molecule has 0 spiro atoms. The van der Waals surface area contributed by atoms with Crippen molar-refractivity contribution >= 4 is 11.8 Å². The number of carbonyl (C=O) groups is 2. The van der Waals surface area contributed by atoms with Crippen molar-refractivity contribution in [2.45, 2.75) is 6.10 Å². The van der Waals surface area contributed by atoms with Gasteiger partial charge in [0.15, 0.2) is 0 Å². The van der Waals surface area contributed by atoms with Gasteiger partial charge in [-0.3, -0.25) is 14.4 Å². The monoisotopic (exact) mass is 263 g/mol. The molecular weight excluding hydrogens is 250 g/mol. The number of nitrogens with zero attached hydrogens (tertiary/aromatic N) is 1. The van der Waals surface area contributed by atoms with Crippen LogP contribution < -0.4 is 0 Å². The molecule has 0 radical (unpaired) electrons. The van der Waals surface area contributed by atoms with E-state index in [1.807, 2.05) is 0 Å². The summed E-state index contributed by atoms with van der Waals surface area (Å²) in [6.45, 7) is 1.58. The zero-order valence-corrected chi connectivity index (χ0v) is 10.2. The number of amides is 2. The van der Waals surface area contributed by atoms with Crippen molar-refractivity contribution < 1.29 is 23.9 Å². The lowest BCUT2D eigenvalue weighted by Gasteiger charge is -2.24. The van der Waals surface area contributed by atoms with Crippen LogP contribution in [-0.4, -0.2) is 49.4 Å². The van der Waals surface area contributed by atoms with Crippen molar-refractivity contribution in [2.24, 2.45) is 0 Å². The molecule has 0 N–H and O–H groups in total. The Kier molecular flexibility index (Phi) is 3.29. The zero-order chi connectivity index (χ0) is 13.2. The molecule has 3 rings (SSSR count). The predicted molar refractivity (Wildman–Crippen MR) is 63.5 cm³/mol. The molecular formula is C13H13NO5. The number of carbonyl (C=O) groups excluding carboxylic acids is 2. The van der Waals surface area contributed by atoms with Crippen molar-refractivity contribution in [2.75, 3.05) is 26.4 Å². The molecule has 2 amide bonds. The van der Waals surface area contributed by atoms with Crippen LogP contribution in [0.1, 0.15) is 20.7 Å². The Morgan fingerprint density at radius 3 is 2.42 bits per heavy atom. The fourth-order valence-corrected chi connectivity index (χ4v) is 2.07. The largest absolute Gasteiger partial charge is 0.376 e. The highest BCUT2D eigenvalue weighted by atomic mass is 16.7. The highest BCUT2D eigenvalue weighted by molar-refractivity contribution is 6.20. The first-order valence-electron chi connectivity index (χ1n) is 6.07. The van der Waals surface area contributed by atoms with Crippen molar-refractivity contribution in [3.05, 3.63) is 35.4 Å². The van der Waals surface area contributed by atoms with Crippen molar-refractivity contribution in [1.82, 2.24) is 5.06 Å². The van der Waals surface area contributed by atoms with Crippen LogP contribution in [0, 0.1) is 0 Å². The number of ether oxygens (including phenoxy) is 2. The summed E-state index contributed by atoms with van der Waals surface area (Å²) in [5, 5.41) is 0.794. The highest BCUT2D eigenvalue weighted by Gasteiger charge is 2.37. The smallest absolute Gasteiger partial charge is 0.285 e. The van der Waals surface area contributed by atoms with E-state index in [1.54, 1.807) is 24.3 Å². The van der Waals surface area contributed by atoms with Gasteiger partial charge in [-0.15, -0.1) is 5.06 Å². The molecule has 2 heterocycles. The first-order valence-corrected chi connectivity index (χ1v) is 6.07. The van der Waals surface area contributed by atoms with Gasteiger partial charge in [0.2, 0.25) is 0 Å². The van der Waals surface area contributed by atoms with Crippen LogP contribution >= 0.6 is 0 Å². The molecule has 1 aromatic rings. The molecule has 2 aliphatic heterocycles.